The van der Waals surface area contributed by atoms with E-state index >= 15 is 0 Å². The summed E-state index contributed by atoms with van der Waals surface area (Å²) < 4.78 is 24.1. The van der Waals surface area contributed by atoms with E-state index in [4.69, 9.17) is 0 Å². The van der Waals surface area contributed by atoms with Crippen molar-refractivity contribution in [3.63, 3.8) is 0 Å². The molecule has 3 nitrogen and oxygen atoms in total. The van der Waals surface area contributed by atoms with Gasteiger partial charge in [-0.25, -0.2) is 0 Å². The van der Waals surface area contributed by atoms with E-state index in [0.717, 1.165) is 0 Å². The number of hydrogen-bond donors (Lipinski definition) is 0. The minimum atomic E-state index is -2.16. The molecule has 0 saturated heterocycles. The van der Waals surface area contributed by atoms with Crippen LogP contribution in [0.25, 0.3) is 0 Å². The Kier molecular flexibility index (Phi) is 2.50. The van der Waals surface area contributed by atoms with Crippen LogP contribution in [0.2, 0.25) is 0 Å². The Bertz CT molecular complexity index is 187. The molecule has 4 heteroatoms. The van der Waals surface area contributed by atoms with Crippen molar-refractivity contribution in [3.05, 3.63) is 30.3 Å². The molecule has 1 aromatic rings. The van der Waals surface area contributed by atoms with Crippen LogP contribution in [0.4, 0.5) is 0 Å². The van der Waals surface area contributed by atoms with Crippen molar-refractivity contribution in [2.45, 2.75) is 0 Å². The van der Waals surface area contributed by atoms with Crippen LogP contribution in [0.1, 0.15) is 0 Å². The third kappa shape index (κ3) is 2.23. The largest absolute Gasteiger partial charge is 0.349 e. The van der Waals surface area contributed by atoms with Crippen LogP contribution in [-0.2, 0) is 0 Å². The highest BCUT2D eigenvalue weighted by Gasteiger charge is 2.06. The Labute approximate surface area is 61.3 Å². The van der Waals surface area contributed by atoms with Gasteiger partial charge in [0.2, 0.25) is 5.75 Å². The van der Waals surface area contributed by atoms with Gasteiger partial charge in [-0.1, -0.05) is 18.2 Å². The van der Waals surface area contributed by atoms with Gasteiger partial charge in [0.25, 0.3) is 0 Å². The average molecular weight is 161 g/mol. The molecule has 0 saturated carbocycles. The first kappa shape index (κ1) is 7.34. The molecule has 0 aliphatic carbocycles. The Morgan fingerprint density at radius 3 is 2.20 bits per heavy atom. The minimum Gasteiger partial charge on any atom is -0.307 e. The zero-order valence-corrected chi connectivity index (χ0v) is 5.75. The summed E-state index contributed by atoms with van der Waals surface area (Å²) in [6.45, 7) is 0. The van der Waals surface area contributed by atoms with E-state index in [1.165, 1.54) is 0 Å². The predicted octanol–water partition coefficient (Wildman–Crippen LogP) is -0.848. The maximum atomic E-state index is 9.91. The van der Waals surface area contributed by atoms with Gasteiger partial charge in [0.15, 0.2) is 0 Å². The summed E-state index contributed by atoms with van der Waals surface area (Å²) >= 11 is 0. The Morgan fingerprint density at radius 2 is 1.70 bits per heavy atom. The van der Waals surface area contributed by atoms with Crippen LogP contribution in [-0.4, -0.2) is 0 Å². The van der Waals surface area contributed by atoms with Gasteiger partial charge in [-0.2, -0.15) is 0 Å². The number of hydrogen-bond acceptors (Lipinski definition) is 3. The van der Waals surface area contributed by atoms with Crippen LogP contribution in [0, 0.1) is 10.8 Å². The van der Waals surface area contributed by atoms with Crippen LogP contribution < -0.4 is 13.6 Å². The molecule has 0 heterocycles. The molecule has 1 aromatic carbocycles. The predicted molar refractivity (Wildman–Crippen MR) is 27.1 cm³/mol. The van der Waals surface area contributed by atoms with Crippen LogP contribution in [0.3, 0.4) is 0 Å². The van der Waals surface area contributed by atoms with E-state index in [9.17, 15) is 9.32 Å². The lowest BCUT2D eigenvalue weighted by Gasteiger charge is -1.92. The van der Waals surface area contributed by atoms with Gasteiger partial charge in [-0.05, 0) is 12.1 Å². The van der Waals surface area contributed by atoms with E-state index in [1.54, 1.807) is 30.3 Å². The second kappa shape index (κ2) is 3.41. The first-order chi connectivity index (χ1) is 4.79. The Morgan fingerprint density at radius 1 is 1.10 bits per heavy atom. The highest BCUT2D eigenvalue weighted by atomic mass is 35.6. The molecule has 0 N–H and O–H groups in total. The fourth-order valence-corrected chi connectivity index (χ4v) is 0.793. The van der Waals surface area contributed by atoms with E-state index < -0.39 is 10.8 Å². The minimum absolute atomic E-state index is 0.313. The summed E-state index contributed by atoms with van der Waals surface area (Å²) in [5.74, 6) is 0.313. The highest BCUT2D eigenvalue weighted by Crippen LogP contribution is 2.08. The quantitative estimate of drug-likeness (QED) is 0.567. The standard InChI is InChI=1S/C6H5ClO3/c8-7(9)10-6-4-2-1-3-5-6/h1-5H. The molecular weight excluding hydrogens is 156 g/mol. The summed E-state index contributed by atoms with van der Waals surface area (Å²) in [7, 11) is -2.16. The Balaban J connectivity index is 2.59. The van der Waals surface area contributed by atoms with Gasteiger partial charge in [-0.3, -0.25) is 0 Å². The fraction of sp³-hybridized carbons (Fsp3) is 0. The number of halogens is 1. The summed E-state index contributed by atoms with van der Waals surface area (Å²) in [4.78, 5) is 0. The summed E-state index contributed by atoms with van der Waals surface area (Å²) in [6.07, 6.45) is 0. The van der Waals surface area contributed by atoms with Crippen molar-refractivity contribution in [3.8, 4) is 5.75 Å². The summed E-state index contributed by atoms with van der Waals surface area (Å²) in [5, 5.41) is 0. The molecule has 0 aromatic heterocycles. The van der Waals surface area contributed by atoms with E-state index in [0.29, 0.717) is 5.75 Å². The van der Waals surface area contributed by atoms with Gasteiger partial charge in [0, 0.05) is 0 Å². The number of para-hydroxylation sites is 1. The lowest BCUT2D eigenvalue weighted by Crippen LogP contribution is -2.36. The van der Waals surface area contributed by atoms with Crippen LogP contribution in [0.5, 0.6) is 5.75 Å². The molecule has 0 spiro atoms. The molecular formula is C6H5ClO3. The van der Waals surface area contributed by atoms with Crippen molar-refractivity contribution in [1.29, 1.82) is 0 Å². The van der Waals surface area contributed by atoms with Crippen LogP contribution >= 0.6 is 0 Å². The summed E-state index contributed by atoms with van der Waals surface area (Å²) in [5.41, 5.74) is 0. The topological polar surface area (TPSA) is 55.3 Å². The molecule has 0 fully saturated rings. The normalized spacial score (nSPS) is 9.90. The van der Waals surface area contributed by atoms with Gasteiger partial charge >= 0.3 is 10.8 Å². The lowest BCUT2D eigenvalue weighted by atomic mass is 10.3. The van der Waals surface area contributed by atoms with Crippen molar-refractivity contribution in [1.82, 2.24) is 0 Å². The first-order valence-corrected chi connectivity index (χ1v) is 3.50. The Hall–Kier alpha value is -0.770. The second-order valence-corrected chi connectivity index (χ2v) is 2.11. The van der Waals surface area contributed by atoms with Gasteiger partial charge in [-0.15, -0.1) is 4.29 Å². The summed E-state index contributed by atoms with van der Waals surface area (Å²) in [6, 6.07) is 8.27. The fourth-order valence-electron chi connectivity index (χ4n) is 0.545. The maximum absolute atomic E-state index is 9.91. The highest BCUT2D eigenvalue weighted by molar-refractivity contribution is 5.19. The SMILES string of the molecule is [O-][Cl+2]([O-])Oc1ccccc1. The molecule has 0 atom stereocenters. The zero-order valence-electron chi connectivity index (χ0n) is 4.99. The molecule has 1 rings (SSSR count). The van der Waals surface area contributed by atoms with Gasteiger partial charge in [0.1, 0.15) is 0 Å². The average Bonchev–Trinajstić information content (AvgIpc) is 1.88. The smallest absolute Gasteiger partial charge is 0.307 e. The molecule has 0 unspecified atom stereocenters. The monoisotopic (exact) mass is 160 g/mol. The van der Waals surface area contributed by atoms with Crippen molar-refractivity contribution in [2.24, 2.45) is 0 Å². The van der Waals surface area contributed by atoms with Gasteiger partial charge < -0.3 is 9.32 Å². The molecule has 0 aliphatic rings. The molecule has 0 bridgehead atoms. The molecule has 54 valence electrons. The second-order valence-electron chi connectivity index (χ2n) is 1.58. The van der Waals surface area contributed by atoms with Crippen molar-refractivity contribution < 1.29 is 24.4 Å². The zero-order chi connectivity index (χ0) is 7.40. The third-order valence-corrected chi connectivity index (χ3v) is 1.20. The number of rotatable bonds is 2. The van der Waals surface area contributed by atoms with E-state index in [2.05, 4.69) is 4.29 Å². The van der Waals surface area contributed by atoms with Crippen molar-refractivity contribution >= 4 is 0 Å². The lowest BCUT2D eigenvalue weighted by molar-refractivity contribution is -1.62. The van der Waals surface area contributed by atoms with Crippen molar-refractivity contribution in [2.75, 3.05) is 0 Å². The molecule has 0 amide bonds. The molecule has 10 heavy (non-hydrogen) atoms. The maximum Gasteiger partial charge on any atom is 0.349 e. The van der Waals surface area contributed by atoms with Gasteiger partial charge in [0.05, 0.1) is 0 Å². The third-order valence-electron chi connectivity index (χ3n) is 0.895. The van der Waals surface area contributed by atoms with E-state index in [1.807, 2.05) is 0 Å². The molecule has 0 aliphatic heterocycles. The first-order valence-electron chi connectivity index (χ1n) is 2.58. The van der Waals surface area contributed by atoms with E-state index in [-0.39, 0.29) is 0 Å². The molecule has 0 radical (unpaired) electrons. The number of benzene rings is 1. The van der Waals surface area contributed by atoms with Crippen LogP contribution in [0.15, 0.2) is 30.3 Å².